The molecule has 0 unspecified atom stereocenters. The van der Waals surface area contributed by atoms with Crippen molar-refractivity contribution in [3.8, 4) is 12.3 Å². The van der Waals surface area contributed by atoms with Gasteiger partial charge in [-0.2, -0.15) is 0 Å². The van der Waals surface area contributed by atoms with Crippen molar-refractivity contribution in [2.75, 3.05) is 18.0 Å². The lowest BCUT2D eigenvalue weighted by Gasteiger charge is -2.20. The van der Waals surface area contributed by atoms with Crippen molar-refractivity contribution in [3.05, 3.63) is 23.9 Å². The third-order valence-electron chi connectivity index (χ3n) is 2.09. The maximum absolute atomic E-state index is 8.89. The third kappa shape index (κ3) is 3.26. The highest BCUT2D eigenvalue weighted by Gasteiger charge is 2.04. The van der Waals surface area contributed by atoms with Crippen LogP contribution in [0.25, 0.3) is 0 Å². The Labute approximate surface area is 90.8 Å². The Morgan fingerprint density at radius 3 is 2.80 bits per heavy atom. The molecule has 1 heterocycles. The second kappa shape index (κ2) is 6.05. The Morgan fingerprint density at radius 2 is 2.33 bits per heavy atom. The normalized spacial score (nSPS) is 9.67. The van der Waals surface area contributed by atoms with Crippen LogP contribution in [-0.2, 0) is 6.61 Å². The Morgan fingerprint density at radius 1 is 1.53 bits per heavy atom. The first-order valence-electron chi connectivity index (χ1n) is 5.06. The van der Waals surface area contributed by atoms with Gasteiger partial charge in [0.25, 0.3) is 0 Å². The number of rotatable bonds is 5. The minimum Gasteiger partial charge on any atom is -0.392 e. The fourth-order valence-electron chi connectivity index (χ4n) is 1.35. The molecule has 1 N–H and O–H groups in total. The number of aliphatic hydroxyl groups excluding tert-OH is 1. The van der Waals surface area contributed by atoms with Crippen LogP contribution in [0.2, 0.25) is 0 Å². The van der Waals surface area contributed by atoms with Crippen LogP contribution in [0.1, 0.15) is 18.9 Å². The summed E-state index contributed by atoms with van der Waals surface area (Å²) in [4.78, 5) is 6.30. The lowest BCUT2D eigenvalue weighted by Crippen LogP contribution is -2.25. The van der Waals surface area contributed by atoms with Crippen LogP contribution >= 0.6 is 0 Å². The molecule has 1 rings (SSSR count). The van der Waals surface area contributed by atoms with Gasteiger partial charge in [0.1, 0.15) is 5.82 Å². The summed E-state index contributed by atoms with van der Waals surface area (Å²) in [6.45, 7) is 3.59. The molecular weight excluding hydrogens is 188 g/mol. The summed E-state index contributed by atoms with van der Waals surface area (Å²) >= 11 is 0. The first kappa shape index (κ1) is 11.5. The van der Waals surface area contributed by atoms with Crippen LogP contribution < -0.4 is 4.90 Å². The van der Waals surface area contributed by atoms with Gasteiger partial charge in [-0.15, -0.1) is 6.42 Å². The highest BCUT2D eigenvalue weighted by molar-refractivity contribution is 5.40. The summed E-state index contributed by atoms with van der Waals surface area (Å²) < 4.78 is 0. The number of terminal acetylenes is 1. The maximum atomic E-state index is 8.89. The van der Waals surface area contributed by atoms with E-state index in [0.717, 1.165) is 24.3 Å². The third-order valence-corrected chi connectivity index (χ3v) is 2.09. The second-order valence-corrected chi connectivity index (χ2v) is 3.31. The number of aliphatic hydroxyl groups is 1. The molecule has 0 radical (unpaired) electrons. The molecule has 3 nitrogen and oxygen atoms in total. The van der Waals surface area contributed by atoms with Gasteiger partial charge in [0, 0.05) is 12.7 Å². The highest BCUT2D eigenvalue weighted by atomic mass is 16.3. The topological polar surface area (TPSA) is 36.4 Å². The van der Waals surface area contributed by atoms with Crippen LogP contribution in [0, 0.1) is 12.3 Å². The Balaban J connectivity index is 2.77. The average molecular weight is 204 g/mol. The minimum atomic E-state index is 0.0240. The van der Waals surface area contributed by atoms with Gasteiger partial charge < -0.3 is 10.0 Å². The Bertz CT molecular complexity index is 326. The lowest BCUT2D eigenvalue weighted by atomic mass is 10.3. The number of hydrogen-bond donors (Lipinski definition) is 1. The zero-order chi connectivity index (χ0) is 11.1. The van der Waals surface area contributed by atoms with Crippen LogP contribution in [0.4, 0.5) is 5.82 Å². The molecule has 0 saturated carbocycles. The molecule has 15 heavy (non-hydrogen) atoms. The molecular formula is C12H16N2O. The van der Waals surface area contributed by atoms with E-state index in [4.69, 9.17) is 11.5 Å². The number of hydrogen-bond acceptors (Lipinski definition) is 3. The van der Waals surface area contributed by atoms with E-state index < -0.39 is 0 Å². The summed E-state index contributed by atoms with van der Waals surface area (Å²) in [5, 5.41) is 8.89. The molecule has 0 aliphatic carbocycles. The van der Waals surface area contributed by atoms with Crippen molar-refractivity contribution in [1.29, 1.82) is 0 Å². The van der Waals surface area contributed by atoms with Crippen molar-refractivity contribution in [3.63, 3.8) is 0 Å². The van der Waals surface area contributed by atoms with Crippen LogP contribution in [0.15, 0.2) is 18.3 Å². The Hall–Kier alpha value is -1.53. The van der Waals surface area contributed by atoms with Crippen molar-refractivity contribution >= 4 is 5.82 Å². The van der Waals surface area contributed by atoms with E-state index in [1.165, 1.54) is 0 Å². The predicted molar refractivity (Wildman–Crippen MR) is 61.5 cm³/mol. The van der Waals surface area contributed by atoms with E-state index in [0.29, 0.717) is 6.54 Å². The van der Waals surface area contributed by atoms with Gasteiger partial charge in [-0.05, 0) is 18.1 Å². The number of anilines is 1. The number of nitrogens with zero attached hydrogens (tertiary/aromatic N) is 2. The molecule has 0 bridgehead atoms. The summed E-state index contributed by atoms with van der Waals surface area (Å²) in [7, 11) is 0. The molecule has 0 spiro atoms. The Kier molecular flexibility index (Phi) is 4.65. The predicted octanol–water partition coefficient (Wildman–Crippen LogP) is 1.42. The summed E-state index contributed by atoms with van der Waals surface area (Å²) in [5.74, 6) is 3.48. The molecule has 1 aromatic rings. The number of aromatic nitrogens is 1. The average Bonchev–Trinajstić information content (AvgIpc) is 2.29. The molecule has 0 amide bonds. The van der Waals surface area contributed by atoms with Crippen LogP contribution in [0.3, 0.4) is 0 Å². The van der Waals surface area contributed by atoms with E-state index in [1.807, 2.05) is 17.0 Å². The maximum Gasteiger partial charge on any atom is 0.129 e. The summed E-state index contributed by atoms with van der Waals surface area (Å²) in [5.41, 5.74) is 0.816. The first-order chi connectivity index (χ1) is 7.31. The lowest BCUT2D eigenvalue weighted by molar-refractivity contribution is 0.281. The van der Waals surface area contributed by atoms with E-state index in [-0.39, 0.29) is 6.61 Å². The van der Waals surface area contributed by atoms with Crippen molar-refractivity contribution in [1.82, 2.24) is 4.98 Å². The fraction of sp³-hybridized carbons (Fsp3) is 0.417. The highest BCUT2D eigenvalue weighted by Crippen LogP contribution is 2.11. The first-order valence-corrected chi connectivity index (χ1v) is 5.06. The SMILES string of the molecule is C#CCN(CCC)c1ccc(CO)cn1. The standard InChI is InChI=1S/C12H16N2O/c1-3-7-14(8-4-2)12-6-5-11(10-15)9-13-12/h1,5-6,9,15H,4,7-8,10H2,2H3. The molecule has 0 atom stereocenters. The second-order valence-electron chi connectivity index (χ2n) is 3.31. The molecule has 80 valence electrons. The molecule has 0 saturated heterocycles. The molecule has 1 aromatic heterocycles. The smallest absolute Gasteiger partial charge is 0.129 e. The zero-order valence-corrected chi connectivity index (χ0v) is 8.98. The summed E-state index contributed by atoms with van der Waals surface area (Å²) in [6.07, 6.45) is 8.00. The molecule has 0 aromatic carbocycles. The van der Waals surface area contributed by atoms with Crippen LogP contribution in [-0.4, -0.2) is 23.2 Å². The fourth-order valence-corrected chi connectivity index (χ4v) is 1.35. The quantitative estimate of drug-likeness (QED) is 0.737. The van der Waals surface area contributed by atoms with E-state index in [1.54, 1.807) is 6.20 Å². The number of pyridine rings is 1. The van der Waals surface area contributed by atoms with Gasteiger partial charge in [-0.3, -0.25) is 0 Å². The van der Waals surface area contributed by atoms with Gasteiger partial charge in [-0.1, -0.05) is 18.9 Å². The van der Waals surface area contributed by atoms with Gasteiger partial charge in [-0.25, -0.2) is 4.98 Å². The van der Waals surface area contributed by atoms with E-state index in [9.17, 15) is 0 Å². The van der Waals surface area contributed by atoms with Gasteiger partial charge in [0.2, 0.25) is 0 Å². The molecule has 0 aliphatic heterocycles. The monoisotopic (exact) mass is 204 g/mol. The van der Waals surface area contributed by atoms with Crippen molar-refractivity contribution < 1.29 is 5.11 Å². The van der Waals surface area contributed by atoms with Gasteiger partial charge >= 0.3 is 0 Å². The van der Waals surface area contributed by atoms with Crippen LogP contribution in [0.5, 0.6) is 0 Å². The van der Waals surface area contributed by atoms with E-state index >= 15 is 0 Å². The van der Waals surface area contributed by atoms with Crippen molar-refractivity contribution in [2.24, 2.45) is 0 Å². The molecule has 3 heteroatoms. The minimum absolute atomic E-state index is 0.0240. The van der Waals surface area contributed by atoms with E-state index in [2.05, 4.69) is 17.8 Å². The largest absolute Gasteiger partial charge is 0.392 e. The molecule has 0 aliphatic rings. The zero-order valence-electron chi connectivity index (χ0n) is 8.98. The van der Waals surface area contributed by atoms with Gasteiger partial charge in [0.05, 0.1) is 13.2 Å². The summed E-state index contributed by atoms with van der Waals surface area (Å²) in [6, 6.07) is 3.75. The van der Waals surface area contributed by atoms with Crippen molar-refractivity contribution in [2.45, 2.75) is 20.0 Å². The van der Waals surface area contributed by atoms with Gasteiger partial charge in [0.15, 0.2) is 0 Å². The molecule has 0 fully saturated rings.